The third kappa shape index (κ3) is 2.76. The number of hydrogen-bond donors (Lipinski definition) is 2. The number of carbonyl (C=O) groups excluding carboxylic acids is 1. The van der Waals surface area contributed by atoms with E-state index in [1.807, 2.05) is 0 Å². The molecule has 0 heterocycles. The lowest BCUT2D eigenvalue weighted by atomic mass is 10.1. The standard InChI is InChI=1S/C8H7F3N2O2/c9-8(10,11)15-5-3-1-2-4(6(5)12)7(13)14/h1-3H,12H2,(H2,13,14). The smallest absolute Gasteiger partial charge is 0.404 e. The van der Waals surface area contributed by atoms with Gasteiger partial charge >= 0.3 is 6.36 Å². The van der Waals surface area contributed by atoms with Crippen LogP contribution < -0.4 is 16.2 Å². The zero-order valence-corrected chi connectivity index (χ0v) is 7.34. The Labute approximate surface area is 82.6 Å². The summed E-state index contributed by atoms with van der Waals surface area (Å²) in [7, 11) is 0. The van der Waals surface area contributed by atoms with Crippen molar-refractivity contribution in [2.75, 3.05) is 5.73 Å². The highest BCUT2D eigenvalue weighted by molar-refractivity contribution is 5.99. The lowest BCUT2D eigenvalue weighted by Crippen LogP contribution is -2.20. The van der Waals surface area contributed by atoms with Gasteiger partial charge < -0.3 is 16.2 Å². The van der Waals surface area contributed by atoms with Crippen molar-refractivity contribution in [3.8, 4) is 5.75 Å². The lowest BCUT2D eigenvalue weighted by molar-refractivity contribution is -0.274. The predicted molar refractivity (Wildman–Crippen MR) is 46.1 cm³/mol. The second-order valence-corrected chi connectivity index (χ2v) is 2.63. The Morgan fingerprint density at radius 2 is 1.93 bits per heavy atom. The summed E-state index contributed by atoms with van der Waals surface area (Å²) in [6.45, 7) is 0. The van der Waals surface area contributed by atoms with E-state index >= 15 is 0 Å². The number of nitrogens with two attached hydrogens (primary N) is 2. The number of para-hydroxylation sites is 1. The SMILES string of the molecule is NC(=O)c1cccc(OC(F)(F)F)c1N. The first kappa shape index (κ1) is 11.2. The molecule has 4 nitrogen and oxygen atoms in total. The largest absolute Gasteiger partial charge is 0.573 e. The number of primary amides is 1. The number of halogens is 3. The summed E-state index contributed by atoms with van der Waals surface area (Å²) in [5, 5.41) is 0. The van der Waals surface area contributed by atoms with E-state index in [2.05, 4.69) is 4.74 Å². The molecule has 1 rings (SSSR count). The summed E-state index contributed by atoms with van der Waals surface area (Å²) in [6, 6.07) is 3.40. The summed E-state index contributed by atoms with van der Waals surface area (Å²) < 4.78 is 39.2. The molecule has 0 aliphatic carbocycles. The van der Waals surface area contributed by atoms with Gasteiger partial charge in [-0.1, -0.05) is 6.07 Å². The maximum atomic E-state index is 11.9. The van der Waals surface area contributed by atoms with Gasteiger partial charge in [0.1, 0.15) is 0 Å². The van der Waals surface area contributed by atoms with E-state index in [1.54, 1.807) is 0 Å². The molecule has 4 N–H and O–H groups in total. The number of amides is 1. The molecule has 0 radical (unpaired) electrons. The number of carbonyl (C=O) groups is 1. The molecule has 0 saturated carbocycles. The van der Waals surface area contributed by atoms with Crippen molar-refractivity contribution >= 4 is 11.6 Å². The average molecular weight is 220 g/mol. The third-order valence-corrected chi connectivity index (χ3v) is 1.56. The molecule has 1 amide bonds. The van der Waals surface area contributed by atoms with Crippen LogP contribution >= 0.6 is 0 Å². The van der Waals surface area contributed by atoms with Crippen LogP contribution in [0.25, 0.3) is 0 Å². The molecular formula is C8H7F3N2O2. The number of nitrogen functional groups attached to an aromatic ring is 1. The van der Waals surface area contributed by atoms with Crippen molar-refractivity contribution in [1.29, 1.82) is 0 Å². The maximum Gasteiger partial charge on any atom is 0.573 e. The van der Waals surface area contributed by atoms with Gasteiger partial charge in [-0.15, -0.1) is 13.2 Å². The van der Waals surface area contributed by atoms with Crippen molar-refractivity contribution in [3.63, 3.8) is 0 Å². The zero-order chi connectivity index (χ0) is 11.6. The fourth-order valence-electron chi connectivity index (χ4n) is 0.973. The van der Waals surface area contributed by atoms with Gasteiger partial charge in [-0.05, 0) is 12.1 Å². The van der Waals surface area contributed by atoms with Crippen LogP contribution in [-0.4, -0.2) is 12.3 Å². The molecule has 0 saturated heterocycles. The predicted octanol–water partition coefficient (Wildman–Crippen LogP) is 1.27. The van der Waals surface area contributed by atoms with Crippen molar-refractivity contribution in [1.82, 2.24) is 0 Å². The van der Waals surface area contributed by atoms with Crippen LogP contribution in [0.2, 0.25) is 0 Å². The van der Waals surface area contributed by atoms with Crippen LogP contribution in [0, 0.1) is 0 Å². The highest BCUT2D eigenvalue weighted by Gasteiger charge is 2.32. The van der Waals surface area contributed by atoms with Crippen LogP contribution in [0.1, 0.15) is 10.4 Å². The van der Waals surface area contributed by atoms with Crippen LogP contribution in [0.3, 0.4) is 0 Å². The Morgan fingerprint density at radius 1 is 1.33 bits per heavy atom. The van der Waals surface area contributed by atoms with Gasteiger partial charge in [-0.25, -0.2) is 0 Å². The monoisotopic (exact) mass is 220 g/mol. The second kappa shape index (κ2) is 3.68. The molecule has 0 fully saturated rings. The van der Waals surface area contributed by atoms with Crippen LogP contribution in [0.15, 0.2) is 18.2 Å². The molecule has 0 aliphatic rings. The van der Waals surface area contributed by atoms with Crippen molar-refractivity contribution in [2.24, 2.45) is 5.73 Å². The molecule has 0 spiro atoms. The first-order valence-corrected chi connectivity index (χ1v) is 3.75. The fraction of sp³-hybridized carbons (Fsp3) is 0.125. The quantitative estimate of drug-likeness (QED) is 0.736. The molecule has 0 aliphatic heterocycles. The van der Waals surface area contributed by atoms with Gasteiger partial charge in [-0.3, -0.25) is 4.79 Å². The fourth-order valence-corrected chi connectivity index (χ4v) is 0.973. The number of anilines is 1. The summed E-state index contributed by atoms with van der Waals surface area (Å²) in [4.78, 5) is 10.7. The zero-order valence-electron chi connectivity index (χ0n) is 7.34. The summed E-state index contributed by atoms with van der Waals surface area (Å²) in [6.07, 6.45) is -4.86. The Morgan fingerprint density at radius 3 is 2.40 bits per heavy atom. The summed E-state index contributed by atoms with van der Waals surface area (Å²) >= 11 is 0. The first-order chi connectivity index (χ1) is 6.81. The molecule has 82 valence electrons. The Balaban J connectivity index is 3.10. The van der Waals surface area contributed by atoms with Gasteiger partial charge in [0.05, 0.1) is 11.3 Å². The lowest BCUT2D eigenvalue weighted by Gasteiger charge is -2.12. The Kier molecular flexibility index (Phi) is 2.74. The second-order valence-electron chi connectivity index (χ2n) is 2.63. The number of ether oxygens (including phenoxy) is 1. The maximum absolute atomic E-state index is 11.9. The highest BCUT2D eigenvalue weighted by Crippen LogP contribution is 2.30. The molecular weight excluding hydrogens is 213 g/mol. The summed E-state index contributed by atoms with van der Waals surface area (Å²) in [5.74, 6) is -1.56. The third-order valence-electron chi connectivity index (χ3n) is 1.56. The van der Waals surface area contributed by atoms with Gasteiger partial charge in [0, 0.05) is 0 Å². The highest BCUT2D eigenvalue weighted by atomic mass is 19.4. The van der Waals surface area contributed by atoms with E-state index in [4.69, 9.17) is 11.5 Å². The van der Waals surface area contributed by atoms with Gasteiger partial charge in [0.15, 0.2) is 5.75 Å². The van der Waals surface area contributed by atoms with Crippen molar-refractivity contribution in [3.05, 3.63) is 23.8 Å². The van der Waals surface area contributed by atoms with Crippen LogP contribution in [0.4, 0.5) is 18.9 Å². The van der Waals surface area contributed by atoms with E-state index in [0.717, 1.165) is 6.07 Å². The molecule has 15 heavy (non-hydrogen) atoms. The first-order valence-electron chi connectivity index (χ1n) is 3.75. The van der Waals surface area contributed by atoms with E-state index in [-0.39, 0.29) is 5.56 Å². The minimum absolute atomic E-state index is 0.211. The minimum Gasteiger partial charge on any atom is -0.404 e. The van der Waals surface area contributed by atoms with Gasteiger partial charge in [0.2, 0.25) is 0 Å². The molecule has 0 unspecified atom stereocenters. The minimum atomic E-state index is -4.86. The van der Waals surface area contributed by atoms with Gasteiger partial charge in [-0.2, -0.15) is 0 Å². The number of rotatable bonds is 2. The molecule has 1 aromatic carbocycles. The van der Waals surface area contributed by atoms with E-state index in [0.29, 0.717) is 0 Å². The number of alkyl halides is 3. The van der Waals surface area contributed by atoms with Gasteiger partial charge in [0.25, 0.3) is 5.91 Å². The molecule has 7 heteroatoms. The Bertz CT molecular complexity index is 390. The van der Waals surface area contributed by atoms with Crippen LogP contribution in [-0.2, 0) is 0 Å². The summed E-state index contributed by atoms with van der Waals surface area (Å²) in [5.41, 5.74) is 9.52. The topological polar surface area (TPSA) is 78.3 Å². The molecule has 0 aromatic heterocycles. The van der Waals surface area contributed by atoms with E-state index in [9.17, 15) is 18.0 Å². The van der Waals surface area contributed by atoms with E-state index < -0.39 is 23.7 Å². The number of benzene rings is 1. The molecule has 0 atom stereocenters. The average Bonchev–Trinajstić information content (AvgIpc) is 2.05. The molecule has 0 bridgehead atoms. The van der Waals surface area contributed by atoms with Crippen molar-refractivity contribution in [2.45, 2.75) is 6.36 Å². The Hall–Kier alpha value is -1.92. The van der Waals surface area contributed by atoms with E-state index in [1.165, 1.54) is 12.1 Å². The van der Waals surface area contributed by atoms with Crippen LogP contribution in [0.5, 0.6) is 5.75 Å². The van der Waals surface area contributed by atoms with Crippen molar-refractivity contribution < 1.29 is 22.7 Å². The molecule has 1 aromatic rings. The normalized spacial score (nSPS) is 11.1. The number of hydrogen-bond acceptors (Lipinski definition) is 3.